The molecule has 1 N–H and O–H groups in total. The van der Waals surface area contributed by atoms with Gasteiger partial charge in [0.05, 0.1) is 23.5 Å². The third-order valence-corrected chi connectivity index (χ3v) is 7.42. The van der Waals surface area contributed by atoms with Crippen molar-refractivity contribution in [3.63, 3.8) is 0 Å². The molecule has 1 amide bonds. The number of carbonyl (C=O) groups excluding carboxylic acids is 1. The Balaban J connectivity index is 1.43. The smallest absolute Gasteiger partial charge is 0.410 e. The fourth-order valence-corrected chi connectivity index (χ4v) is 5.43. The monoisotopic (exact) mass is 510 g/mol. The van der Waals surface area contributed by atoms with Gasteiger partial charge in [-0.05, 0) is 70.1 Å². The predicted octanol–water partition coefficient (Wildman–Crippen LogP) is 4.39. The zero-order valence-corrected chi connectivity index (χ0v) is 22.3. The number of hydrogen-bond donors (Lipinski definition) is 1. The van der Waals surface area contributed by atoms with Crippen molar-refractivity contribution >= 4 is 6.09 Å². The number of methoxy groups -OCH3 is 1. The van der Waals surface area contributed by atoms with Crippen molar-refractivity contribution in [2.45, 2.75) is 82.6 Å². The average Bonchev–Trinajstić information content (AvgIpc) is 3.77. The highest BCUT2D eigenvalue weighted by Gasteiger charge is 2.43. The molecule has 2 aromatic rings. The van der Waals surface area contributed by atoms with Gasteiger partial charge in [-0.1, -0.05) is 6.07 Å². The van der Waals surface area contributed by atoms with Crippen molar-refractivity contribution in [1.82, 2.24) is 20.0 Å². The van der Waals surface area contributed by atoms with E-state index < -0.39 is 5.60 Å². The van der Waals surface area contributed by atoms with Crippen LogP contribution >= 0.6 is 0 Å². The zero-order valence-electron chi connectivity index (χ0n) is 22.3. The molecule has 4 aliphatic rings. The highest BCUT2D eigenvalue weighted by Crippen LogP contribution is 2.44. The fraction of sp³-hybridized carbons (Fsp3) is 0.643. The van der Waals surface area contributed by atoms with Crippen LogP contribution in [-0.4, -0.2) is 66.0 Å². The van der Waals surface area contributed by atoms with Crippen LogP contribution in [-0.2, 0) is 20.6 Å². The summed E-state index contributed by atoms with van der Waals surface area (Å²) in [5, 5.41) is 8.72. The molecule has 2 aliphatic heterocycles. The molecule has 0 saturated heterocycles. The van der Waals surface area contributed by atoms with Gasteiger partial charge >= 0.3 is 6.09 Å². The predicted molar refractivity (Wildman–Crippen MR) is 137 cm³/mol. The minimum Gasteiger partial charge on any atom is -0.465 e. The topological polar surface area (TPSA) is 87.1 Å². The second-order valence-electron chi connectivity index (χ2n) is 11.6. The summed E-state index contributed by atoms with van der Waals surface area (Å²) in [6.07, 6.45) is 5.12. The maximum absolute atomic E-state index is 13.2. The zero-order chi connectivity index (χ0) is 25.7. The minimum atomic E-state index is -0.558. The number of nitrogens with one attached hydrogen (secondary N) is 1. The van der Waals surface area contributed by atoms with Crippen LogP contribution < -0.4 is 10.1 Å². The van der Waals surface area contributed by atoms with Crippen molar-refractivity contribution in [3.05, 3.63) is 40.7 Å². The molecule has 2 fully saturated rings. The summed E-state index contributed by atoms with van der Waals surface area (Å²) >= 11 is 0. The Hall–Kier alpha value is -2.62. The van der Waals surface area contributed by atoms with Gasteiger partial charge < -0.3 is 24.3 Å². The number of nitrogens with zero attached hydrogens (tertiary/aromatic N) is 3. The van der Waals surface area contributed by atoms with E-state index in [1.807, 2.05) is 30.4 Å². The molecule has 37 heavy (non-hydrogen) atoms. The lowest BCUT2D eigenvalue weighted by Gasteiger charge is -2.36. The summed E-state index contributed by atoms with van der Waals surface area (Å²) in [4.78, 5) is 15.1. The molecule has 1 aromatic carbocycles. The highest BCUT2D eigenvalue weighted by molar-refractivity contribution is 5.70. The van der Waals surface area contributed by atoms with E-state index in [-0.39, 0.29) is 31.1 Å². The van der Waals surface area contributed by atoms with Gasteiger partial charge in [0.1, 0.15) is 23.1 Å². The Labute approximate surface area is 218 Å². The Morgan fingerprint density at radius 3 is 2.68 bits per heavy atom. The van der Waals surface area contributed by atoms with Crippen LogP contribution in [0.4, 0.5) is 4.79 Å². The molecule has 2 aliphatic carbocycles. The van der Waals surface area contributed by atoms with Crippen LogP contribution in [0.3, 0.4) is 0 Å². The molecular formula is C28H38N4O5. The van der Waals surface area contributed by atoms with Gasteiger partial charge in [-0.2, -0.15) is 5.10 Å². The number of hydrogen-bond acceptors (Lipinski definition) is 7. The normalized spacial score (nSPS) is 23.4. The Morgan fingerprint density at radius 2 is 1.97 bits per heavy atom. The minimum absolute atomic E-state index is 0.167. The number of carbonyl (C=O) groups is 1. The maximum atomic E-state index is 13.2. The van der Waals surface area contributed by atoms with Gasteiger partial charge in [0.2, 0.25) is 0 Å². The Kier molecular flexibility index (Phi) is 6.41. The quantitative estimate of drug-likeness (QED) is 0.553. The molecule has 0 spiro atoms. The average molecular weight is 511 g/mol. The SMILES string of the molecule is COCOc1cc(C2CC2)ccc1-n1nc2c3c1CCN(C(=O)OC(C)(C)C)C3CNCC2OC1CC1. The molecule has 9 heteroatoms. The number of rotatable bonds is 7. The Morgan fingerprint density at radius 1 is 1.16 bits per heavy atom. The van der Waals surface area contributed by atoms with Crippen LogP contribution in [0.2, 0.25) is 0 Å². The molecule has 200 valence electrons. The van der Waals surface area contributed by atoms with Crippen LogP contribution in [0.1, 0.15) is 87.0 Å². The van der Waals surface area contributed by atoms with Gasteiger partial charge in [0.15, 0.2) is 6.79 Å². The third kappa shape index (κ3) is 5.09. The van der Waals surface area contributed by atoms with Crippen LogP contribution in [0, 0.1) is 0 Å². The van der Waals surface area contributed by atoms with Crippen molar-refractivity contribution in [2.75, 3.05) is 33.5 Å². The van der Waals surface area contributed by atoms with E-state index in [2.05, 4.69) is 23.5 Å². The van der Waals surface area contributed by atoms with E-state index in [9.17, 15) is 4.79 Å². The first-order valence-corrected chi connectivity index (χ1v) is 13.6. The van der Waals surface area contributed by atoms with E-state index >= 15 is 0 Å². The third-order valence-electron chi connectivity index (χ3n) is 7.42. The summed E-state index contributed by atoms with van der Waals surface area (Å²) in [7, 11) is 1.63. The summed E-state index contributed by atoms with van der Waals surface area (Å²) in [5.74, 6) is 1.38. The van der Waals surface area contributed by atoms with Gasteiger partial charge in [0.25, 0.3) is 0 Å². The first kappa shape index (κ1) is 24.7. The number of amides is 1. The molecule has 0 radical (unpaired) electrons. The lowest BCUT2D eigenvalue weighted by molar-refractivity contribution is 0.0142. The molecule has 0 bridgehead atoms. The second-order valence-corrected chi connectivity index (χ2v) is 11.6. The molecule has 9 nitrogen and oxygen atoms in total. The largest absolute Gasteiger partial charge is 0.465 e. The van der Waals surface area contributed by atoms with Crippen LogP contribution in [0.25, 0.3) is 5.69 Å². The van der Waals surface area contributed by atoms with E-state index in [0.29, 0.717) is 32.0 Å². The van der Waals surface area contributed by atoms with Gasteiger partial charge in [-0.3, -0.25) is 4.90 Å². The summed E-state index contributed by atoms with van der Waals surface area (Å²) in [5.41, 5.74) is 4.73. The van der Waals surface area contributed by atoms with Gasteiger partial charge in [0, 0.05) is 38.7 Å². The lowest BCUT2D eigenvalue weighted by atomic mass is 9.95. The molecule has 6 rings (SSSR count). The van der Waals surface area contributed by atoms with Crippen LogP contribution in [0.15, 0.2) is 18.2 Å². The molecule has 1 aromatic heterocycles. The number of aromatic nitrogens is 2. The molecule has 2 atom stereocenters. The van der Waals surface area contributed by atoms with E-state index in [4.69, 9.17) is 24.0 Å². The van der Waals surface area contributed by atoms with E-state index in [0.717, 1.165) is 41.2 Å². The van der Waals surface area contributed by atoms with Crippen LogP contribution in [0.5, 0.6) is 5.75 Å². The summed E-state index contributed by atoms with van der Waals surface area (Å²) < 4.78 is 25.6. The van der Waals surface area contributed by atoms with Crippen molar-refractivity contribution in [2.24, 2.45) is 0 Å². The number of benzene rings is 1. The van der Waals surface area contributed by atoms with E-state index in [1.165, 1.54) is 18.4 Å². The molecular weight excluding hydrogens is 472 g/mol. The Bertz CT molecular complexity index is 1160. The maximum Gasteiger partial charge on any atom is 0.410 e. The van der Waals surface area contributed by atoms with E-state index in [1.54, 1.807) is 7.11 Å². The molecule has 3 heterocycles. The first-order chi connectivity index (χ1) is 17.8. The van der Waals surface area contributed by atoms with Gasteiger partial charge in [-0.15, -0.1) is 0 Å². The molecule has 2 saturated carbocycles. The summed E-state index contributed by atoms with van der Waals surface area (Å²) in [6, 6.07) is 6.27. The molecule has 2 unspecified atom stereocenters. The first-order valence-electron chi connectivity index (χ1n) is 13.6. The van der Waals surface area contributed by atoms with Crippen molar-refractivity contribution in [3.8, 4) is 11.4 Å². The van der Waals surface area contributed by atoms with Gasteiger partial charge in [-0.25, -0.2) is 9.48 Å². The fourth-order valence-electron chi connectivity index (χ4n) is 5.43. The van der Waals surface area contributed by atoms with Crippen molar-refractivity contribution < 1.29 is 23.7 Å². The second kappa shape index (κ2) is 9.60. The summed E-state index contributed by atoms with van der Waals surface area (Å²) in [6.45, 7) is 7.73. The number of ether oxygens (including phenoxy) is 4. The standard InChI is InChI=1S/C28H38N4O5/c1-28(2,3)37-27(33)31-12-11-21-25-22(31)14-29-15-24(36-19-8-9-19)26(25)30-32(21)20-10-7-18(17-5-6-17)13-23(20)35-16-34-4/h7,10,13,17,19,22,24,29H,5-6,8-9,11-12,14-16H2,1-4H3. The lowest BCUT2D eigenvalue weighted by Crippen LogP contribution is -2.46. The van der Waals surface area contributed by atoms with Crippen molar-refractivity contribution in [1.29, 1.82) is 0 Å². The highest BCUT2D eigenvalue weighted by atomic mass is 16.7.